The van der Waals surface area contributed by atoms with Crippen LogP contribution < -0.4 is 0 Å². The molecule has 1 aliphatic rings. The van der Waals surface area contributed by atoms with Crippen molar-refractivity contribution in [2.75, 3.05) is 31.8 Å². The summed E-state index contributed by atoms with van der Waals surface area (Å²) in [4.78, 5) is 14.1. The monoisotopic (exact) mass is 301 g/mol. The number of amides is 1. The predicted octanol–water partition coefficient (Wildman–Crippen LogP) is -0.00618. The van der Waals surface area contributed by atoms with Crippen LogP contribution in [0.1, 0.15) is 22.5 Å². The molecule has 1 atom stereocenters. The van der Waals surface area contributed by atoms with E-state index in [-0.39, 0.29) is 23.5 Å². The van der Waals surface area contributed by atoms with Crippen molar-refractivity contribution in [3.8, 4) is 0 Å². The number of aromatic nitrogens is 2. The van der Waals surface area contributed by atoms with Crippen molar-refractivity contribution in [3.63, 3.8) is 0 Å². The summed E-state index contributed by atoms with van der Waals surface area (Å²) in [5, 5.41) is 6.56. The number of ether oxygens (including phenoxy) is 1. The second-order valence-corrected chi connectivity index (χ2v) is 7.19. The van der Waals surface area contributed by atoms with Gasteiger partial charge in [0.05, 0.1) is 29.9 Å². The van der Waals surface area contributed by atoms with E-state index in [9.17, 15) is 13.2 Å². The average molecular weight is 301 g/mol. The molecule has 1 aromatic rings. The number of nitrogens with zero attached hydrogens (tertiary/aromatic N) is 2. The molecule has 0 spiro atoms. The van der Waals surface area contributed by atoms with Crippen LogP contribution in [0.3, 0.4) is 0 Å². The van der Waals surface area contributed by atoms with E-state index in [0.29, 0.717) is 30.8 Å². The number of nitrogens with one attached hydrogen (secondary N) is 1. The molecule has 8 heteroatoms. The van der Waals surface area contributed by atoms with E-state index in [1.165, 1.54) is 6.20 Å². The number of methoxy groups -OCH3 is 1. The summed E-state index contributed by atoms with van der Waals surface area (Å²) in [6.45, 7) is 2.51. The summed E-state index contributed by atoms with van der Waals surface area (Å²) >= 11 is 0. The SMILES string of the molecule is COCCN(C(=O)c1cn[nH]c1C)C1CCS(=O)(=O)C1. The number of carbonyl (C=O) groups is 1. The van der Waals surface area contributed by atoms with E-state index in [1.807, 2.05) is 0 Å². The van der Waals surface area contributed by atoms with E-state index < -0.39 is 9.84 Å². The second-order valence-electron chi connectivity index (χ2n) is 4.96. The smallest absolute Gasteiger partial charge is 0.257 e. The highest BCUT2D eigenvalue weighted by Crippen LogP contribution is 2.20. The lowest BCUT2D eigenvalue weighted by atomic mass is 10.1. The molecule has 0 aliphatic carbocycles. The van der Waals surface area contributed by atoms with Crippen molar-refractivity contribution >= 4 is 15.7 Å². The topological polar surface area (TPSA) is 92.4 Å². The molecule has 1 N–H and O–H groups in total. The Bertz CT molecular complexity index is 581. The van der Waals surface area contributed by atoms with Gasteiger partial charge in [-0.15, -0.1) is 0 Å². The molecule has 0 aromatic carbocycles. The van der Waals surface area contributed by atoms with E-state index >= 15 is 0 Å². The Morgan fingerprint density at radius 2 is 2.35 bits per heavy atom. The summed E-state index contributed by atoms with van der Waals surface area (Å²) in [6.07, 6.45) is 1.95. The Balaban J connectivity index is 2.20. The fraction of sp³-hybridized carbons (Fsp3) is 0.667. The van der Waals surface area contributed by atoms with Gasteiger partial charge in [-0.1, -0.05) is 0 Å². The Labute approximate surface area is 118 Å². The van der Waals surface area contributed by atoms with E-state index in [0.717, 1.165) is 0 Å². The summed E-state index contributed by atoms with van der Waals surface area (Å²) in [5.41, 5.74) is 1.16. The van der Waals surface area contributed by atoms with Gasteiger partial charge in [-0.3, -0.25) is 9.89 Å². The fourth-order valence-corrected chi connectivity index (χ4v) is 4.11. The van der Waals surface area contributed by atoms with Gasteiger partial charge >= 0.3 is 0 Å². The zero-order valence-corrected chi connectivity index (χ0v) is 12.4. The zero-order chi connectivity index (χ0) is 14.8. The summed E-state index contributed by atoms with van der Waals surface area (Å²) in [7, 11) is -1.48. The van der Waals surface area contributed by atoms with Crippen LogP contribution in [0.4, 0.5) is 0 Å². The number of hydrogen-bond donors (Lipinski definition) is 1. The van der Waals surface area contributed by atoms with E-state index in [2.05, 4.69) is 10.2 Å². The molecule has 0 saturated carbocycles. The van der Waals surface area contributed by atoms with Gasteiger partial charge in [0.1, 0.15) is 0 Å². The maximum absolute atomic E-state index is 12.5. The van der Waals surface area contributed by atoms with Crippen LogP contribution in [0.25, 0.3) is 0 Å². The first-order valence-corrected chi connectivity index (χ1v) is 8.27. The molecule has 7 nitrogen and oxygen atoms in total. The first kappa shape index (κ1) is 15.0. The van der Waals surface area contributed by atoms with E-state index in [4.69, 9.17) is 4.74 Å². The minimum Gasteiger partial charge on any atom is -0.383 e. The highest BCUT2D eigenvalue weighted by Gasteiger charge is 2.35. The molecular formula is C12H19N3O4S. The van der Waals surface area contributed by atoms with Gasteiger partial charge in [0.2, 0.25) is 0 Å². The fourth-order valence-electron chi connectivity index (χ4n) is 2.38. The Morgan fingerprint density at radius 1 is 1.60 bits per heavy atom. The third-order valence-corrected chi connectivity index (χ3v) is 5.26. The van der Waals surface area contributed by atoms with Crippen LogP contribution in [0.15, 0.2) is 6.20 Å². The Hall–Kier alpha value is -1.41. The highest BCUT2D eigenvalue weighted by molar-refractivity contribution is 7.91. The quantitative estimate of drug-likeness (QED) is 0.826. The van der Waals surface area contributed by atoms with Crippen molar-refractivity contribution in [3.05, 3.63) is 17.5 Å². The third-order valence-electron chi connectivity index (χ3n) is 3.51. The van der Waals surface area contributed by atoms with Gasteiger partial charge in [0.25, 0.3) is 5.91 Å². The van der Waals surface area contributed by atoms with Crippen molar-refractivity contribution in [1.29, 1.82) is 0 Å². The van der Waals surface area contributed by atoms with Gasteiger partial charge in [-0.25, -0.2) is 8.42 Å². The molecule has 20 heavy (non-hydrogen) atoms. The molecule has 112 valence electrons. The molecule has 1 saturated heterocycles. The maximum atomic E-state index is 12.5. The summed E-state index contributed by atoms with van der Waals surface area (Å²) in [6, 6.07) is -0.281. The number of sulfone groups is 1. The summed E-state index contributed by atoms with van der Waals surface area (Å²) < 4.78 is 28.2. The lowest BCUT2D eigenvalue weighted by molar-refractivity contribution is 0.0624. The van der Waals surface area contributed by atoms with Gasteiger partial charge in [0, 0.05) is 25.4 Å². The van der Waals surface area contributed by atoms with Gasteiger partial charge in [-0.05, 0) is 13.3 Å². The van der Waals surface area contributed by atoms with Crippen molar-refractivity contribution in [2.24, 2.45) is 0 Å². The van der Waals surface area contributed by atoms with Crippen LogP contribution in [-0.4, -0.2) is 67.2 Å². The first-order chi connectivity index (χ1) is 9.44. The number of carbonyl (C=O) groups excluding carboxylic acids is 1. The Kier molecular flexibility index (Phi) is 4.44. The van der Waals surface area contributed by atoms with Crippen molar-refractivity contribution in [2.45, 2.75) is 19.4 Å². The molecule has 1 aliphatic heterocycles. The molecule has 2 rings (SSSR count). The highest BCUT2D eigenvalue weighted by atomic mass is 32.2. The zero-order valence-electron chi connectivity index (χ0n) is 11.6. The second kappa shape index (κ2) is 5.92. The van der Waals surface area contributed by atoms with Crippen molar-refractivity contribution < 1.29 is 17.9 Å². The Morgan fingerprint density at radius 3 is 2.85 bits per heavy atom. The average Bonchev–Trinajstić information content (AvgIpc) is 2.95. The van der Waals surface area contributed by atoms with Crippen LogP contribution in [0.5, 0.6) is 0 Å². The lowest BCUT2D eigenvalue weighted by Gasteiger charge is -2.27. The standard InChI is InChI=1S/C12H19N3O4S/c1-9-11(7-13-14-9)12(16)15(4-5-19-2)10-3-6-20(17,18)8-10/h7,10H,3-6,8H2,1-2H3,(H,13,14). The molecule has 0 bridgehead atoms. The normalized spacial score (nSPS) is 21.0. The third kappa shape index (κ3) is 3.18. The summed E-state index contributed by atoms with van der Waals surface area (Å²) in [5.74, 6) is -0.0339. The van der Waals surface area contributed by atoms with E-state index in [1.54, 1.807) is 18.9 Å². The van der Waals surface area contributed by atoms with Crippen LogP contribution >= 0.6 is 0 Å². The number of H-pyrrole nitrogens is 1. The first-order valence-electron chi connectivity index (χ1n) is 6.45. The predicted molar refractivity (Wildman–Crippen MR) is 73.3 cm³/mol. The number of rotatable bonds is 5. The lowest BCUT2D eigenvalue weighted by Crippen LogP contribution is -2.43. The molecule has 1 fully saturated rings. The molecule has 1 unspecified atom stereocenters. The molecule has 2 heterocycles. The van der Waals surface area contributed by atoms with Gasteiger partial charge < -0.3 is 9.64 Å². The minimum absolute atomic E-state index is 0.0271. The largest absolute Gasteiger partial charge is 0.383 e. The maximum Gasteiger partial charge on any atom is 0.257 e. The molecular weight excluding hydrogens is 282 g/mol. The van der Waals surface area contributed by atoms with Crippen LogP contribution in [0, 0.1) is 6.92 Å². The number of hydrogen-bond acceptors (Lipinski definition) is 5. The number of aromatic amines is 1. The minimum atomic E-state index is -3.04. The van der Waals surface area contributed by atoms with Crippen LogP contribution in [-0.2, 0) is 14.6 Å². The molecule has 1 aromatic heterocycles. The van der Waals surface area contributed by atoms with Gasteiger partial charge in [-0.2, -0.15) is 5.10 Å². The number of aryl methyl sites for hydroxylation is 1. The molecule has 0 radical (unpaired) electrons. The van der Waals surface area contributed by atoms with Crippen LogP contribution in [0.2, 0.25) is 0 Å². The molecule has 1 amide bonds. The van der Waals surface area contributed by atoms with Crippen molar-refractivity contribution in [1.82, 2.24) is 15.1 Å². The van der Waals surface area contributed by atoms with Gasteiger partial charge in [0.15, 0.2) is 9.84 Å².